The second kappa shape index (κ2) is 6.42. The molecule has 0 N–H and O–H groups in total. The summed E-state index contributed by atoms with van der Waals surface area (Å²) in [7, 11) is 0. The first kappa shape index (κ1) is 13.7. The molecule has 0 saturated heterocycles. The minimum atomic E-state index is -1.11. The lowest BCUT2D eigenvalue weighted by atomic mass is 10.1. The summed E-state index contributed by atoms with van der Waals surface area (Å²) in [6.45, 7) is 5.98. The van der Waals surface area contributed by atoms with Crippen molar-refractivity contribution in [1.29, 1.82) is 0 Å². The average molecular weight is 302 g/mol. The van der Waals surface area contributed by atoms with E-state index < -0.39 is 11.4 Å². The zero-order chi connectivity index (χ0) is 12.1. The van der Waals surface area contributed by atoms with Crippen LogP contribution in [0.4, 0.5) is 0 Å². The molecule has 16 heavy (non-hydrogen) atoms. The highest BCUT2D eigenvalue weighted by molar-refractivity contribution is 9.10. The predicted molar refractivity (Wildman–Crippen MR) is 74.2 cm³/mol. The molecular weight excluding hydrogens is 286 g/mol. The third kappa shape index (κ3) is 4.68. The average Bonchev–Trinajstić information content (AvgIpc) is 2.16. The fraction of sp³-hybridized carbons (Fsp3) is 0.417. The molecular formula is C12H16BrNOS. The maximum absolute atomic E-state index is 11.6. The van der Waals surface area contributed by atoms with Crippen molar-refractivity contribution in [3.8, 4) is 0 Å². The lowest BCUT2D eigenvalue weighted by Gasteiger charge is -2.07. The summed E-state index contributed by atoms with van der Waals surface area (Å²) in [6, 6.07) is 7.85. The van der Waals surface area contributed by atoms with Crippen molar-refractivity contribution in [1.82, 2.24) is 0 Å². The molecule has 0 saturated carbocycles. The largest absolute Gasteiger partial charge is 0.591 e. The van der Waals surface area contributed by atoms with E-state index in [9.17, 15) is 4.55 Å². The molecule has 0 spiro atoms. The Morgan fingerprint density at radius 3 is 2.44 bits per heavy atom. The van der Waals surface area contributed by atoms with Gasteiger partial charge in [0.25, 0.3) is 0 Å². The van der Waals surface area contributed by atoms with Gasteiger partial charge >= 0.3 is 0 Å². The maximum Gasteiger partial charge on any atom is 0.135 e. The van der Waals surface area contributed by atoms with Gasteiger partial charge in [-0.2, -0.15) is 0 Å². The van der Waals surface area contributed by atoms with Crippen molar-refractivity contribution < 1.29 is 4.55 Å². The van der Waals surface area contributed by atoms with Crippen LogP contribution in [-0.2, 0) is 11.4 Å². The summed E-state index contributed by atoms with van der Waals surface area (Å²) in [5, 5.41) is 0. The van der Waals surface area contributed by atoms with Crippen molar-refractivity contribution in [2.24, 2.45) is 10.3 Å². The molecule has 0 bridgehead atoms. The Labute approximate surface area is 109 Å². The van der Waals surface area contributed by atoms with Gasteiger partial charge in [0.15, 0.2) is 0 Å². The zero-order valence-electron chi connectivity index (χ0n) is 9.74. The van der Waals surface area contributed by atoms with Crippen LogP contribution in [0, 0.1) is 5.92 Å². The smallest absolute Gasteiger partial charge is 0.135 e. The van der Waals surface area contributed by atoms with Crippen LogP contribution in [0.5, 0.6) is 0 Å². The van der Waals surface area contributed by atoms with Crippen molar-refractivity contribution in [3.63, 3.8) is 0 Å². The van der Waals surface area contributed by atoms with E-state index in [-0.39, 0.29) is 0 Å². The quantitative estimate of drug-likeness (QED) is 0.618. The SMILES string of the molecule is C/C(=N/[S+]([O-])CC(C)C)c1ccc(Br)cc1. The number of benzene rings is 1. The van der Waals surface area contributed by atoms with Gasteiger partial charge in [-0.3, -0.25) is 0 Å². The summed E-state index contributed by atoms with van der Waals surface area (Å²) in [4.78, 5) is 0. The normalized spacial score (nSPS) is 14.2. The fourth-order valence-electron chi connectivity index (χ4n) is 1.22. The highest BCUT2D eigenvalue weighted by atomic mass is 79.9. The summed E-state index contributed by atoms with van der Waals surface area (Å²) >= 11 is 2.27. The Hall–Kier alpha value is -0.320. The van der Waals surface area contributed by atoms with Gasteiger partial charge in [0, 0.05) is 16.0 Å². The summed E-state index contributed by atoms with van der Waals surface area (Å²) < 4.78 is 16.8. The number of nitrogens with zero attached hydrogens (tertiary/aromatic N) is 1. The van der Waals surface area contributed by atoms with E-state index in [1.165, 1.54) is 0 Å². The van der Waals surface area contributed by atoms with Gasteiger partial charge in [0.05, 0.1) is 17.1 Å². The van der Waals surface area contributed by atoms with Gasteiger partial charge in [-0.15, -0.1) is 0 Å². The monoisotopic (exact) mass is 301 g/mol. The topological polar surface area (TPSA) is 35.4 Å². The third-order valence-electron chi connectivity index (χ3n) is 1.98. The van der Waals surface area contributed by atoms with Crippen LogP contribution in [0.2, 0.25) is 0 Å². The molecule has 1 unspecified atom stereocenters. The molecule has 2 nitrogen and oxygen atoms in total. The van der Waals surface area contributed by atoms with Crippen molar-refractivity contribution in [3.05, 3.63) is 34.3 Å². The van der Waals surface area contributed by atoms with Crippen LogP contribution >= 0.6 is 15.9 Å². The third-order valence-corrected chi connectivity index (χ3v) is 3.93. The minimum Gasteiger partial charge on any atom is -0.591 e. The molecule has 1 atom stereocenters. The van der Waals surface area contributed by atoms with E-state index in [2.05, 4.69) is 20.3 Å². The molecule has 0 aliphatic rings. The second-order valence-corrected chi connectivity index (χ2v) is 6.14. The fourth-order valence-corrected chi connectivity index (χ4v) is 2.54. The molecule has 0 aromatic heterocycles. The van der Waals surface area contributed by atoms with E-state index in [0.717, 1.165) is 15.7 Å². The van der Waals surface area contributed by atoms with Gasteiger partial charge in [0.1, 0.15) is 5.75 Å². The Morgan fingerprint density at radius 2 is 1.94 bits per heavy atom. The van der Waals surface area contributed by atoms with E-state index >= 15 is 0 Å². The Balaban J connectivity index is 2.73. The summed E-state index contributed by atoms with van der Waals surface area (Å²) in [5.74, 6) is 1.02. The highest BCUT2D eigenvalue weighted by Crippen LogP contribution is 2.12. The number of halogens is 1. The van der Waals surface area contributed by atoms with Gasteiger partial charge in [-0.25, -0.2) is 0 Å². The molecule has 0 heterocycles. The predicted octanol–water partition coefficient (Wildman–Crippen LogP) is 3.58. The lowest BCUT2D eigenvalue weighted by Crippen LogP contribution is -2.11. The molecule has 0 fully saturated rings. The molecule has 4 heteroatoms. The van der Waals surface area contributed by atoms with E-state index in [0.29, 0.717) is 11.7 Å². The molecule has 0 amide bonds. The van der Waals surface area contributed by atoms with E-state index in [1.807, 2.05) is 45.0 Å². The summed E-state index contributed by atoms with van der Waals surface area (Å²) in [5.41, 5.74) is 1.84. The van der Waals surface area contributed by atoms with E-state index in [1.54, 1.807) is 0 Å². The molecule has 88 valence electrons. The maximum atomic E-state index is 11.6. The number of rotatable bonds is 4. The van der Waals surface area contributed by atoms with Gasteiger partial charge in [-0.1, -0.05) is 46.3 Å². The molecule has 0 aliphatic carbocycles. The van der Waals surface area contributed by atoms with Crippen molar-refractivity contribution >= 4 is 33.0 Å². The van der Waals surface area contributed by atoms with Crippen LogP contribution in [0.3, 0.4) is 0 Å². The van der Waals surface area contributed by atoms with Crippen LogP contribution in [0.1, 0.15) is 26.3 Å². The van der Waals surface area contributed by atoms with Crippen molar-refractivity contribution in [2.75, 3.05) is 5.75 Å². The Morgan fingerprint density at radius 1 is 1.38 bits per heavy atom. The van der Waals surface area contributed by atoms with E-state index in [4.69, 9.17) is 0 Å². The van der Waals surface area contributed by atoms with Crippen LogP contribution in [0.15, 0.2) is 33.1 Å². The van der Waals surface area contributed by atoms with Gasteiger partial charge in [0.2, 0.25) is 0 Å². The van der Waals surface area contributed by atoms with Crippen LogP contribution < -0.4 is 0 Å². The number of hydrogen-bond acceptors (Lipinski definition) is 2. The van der Waals surface area contributed by atoms with Crippen LogP contribution in [0.25, 0.3) is 0 Å². The minimum absolute atomic E-state index is 0.405. The summed E-state index contributed by atoms with van der Waals surface area (Å²) in [6.07, 6.45) is 0. The van der Waals surface area contributed by atoms with Gasteiger partial charge < -0.3 is 4.55 Å². The first-order valence-corrected chi connectivity index (χ1v) is 7.25. The van der Waals surface area contributed by atoms with Gasteiger partial charge in [-0.05, 0) is 19.1 Å². The molecule has 0 aliphatic heterocycles. The molecule has 0 radical (unpaired) electrons. The molecule has 1 aromatic rings. The first-order valence-electron chi connectivity index (χ1n) is 5.18. The zero-order valence-corrected chi connectivity index (χ0v) is 12.1. The molecule has 1 rings (SSSR count). The van der Waals surface area contributed by atoms with Crippen LogP contribution in [-0.4, -0.2) is 16.0 Å². The Kier molecular flexibility index (Phi) is 5.52. The Bertz CT molecular complexity index is 362. The standard InChI is InChI=1S/C12H16BrNOS/c1-9(2)8-16(15)14-10(3)11-4-6-12(13)7-5-11/h4-7,9H,8H2,1-3H3/b14-10-. The lowest BCUT2D eigenvalue weighted by molar-refractivity contribution is 0.583. The molecule has 1 aromatic carbocycles. The van der Waals surface area contributed by atoms with Crippen molar-refractivity contribution in [2.45, 2.75) is 20.8 Å². The number of hydrogen-bond donors (Lipinski definition) is 0. The second-order valence-electron chi connectivity index (χ2n) is 4.07. The highest BCUT2D eigenvalue weighted by Gasteiger charge is 2.09. The first-order chi connectivity index (χ1) is 7.49.